The maximum Gasteiger partial charge on any atom is 0.272 e. The minimum absolute atomic E-state index is 0.0625. The van der Waals surface area contributed by atoms with Gasteiger partial charge < -0.3 is 4.90 Å². The molecule has 0 spiro atoms. The van der Waals surface area contributed by atoms with Gasteiger partial charge in [-0.2, -0.15) is 5.10 Å². The molecule has 134 valence electrons. The third kappa shape index (κ3) is 3.39. The van der Waals surface area contributed by atoms with E-state index in [4.69, 9.17) is 0 Å². The van der Waals surface area contributed by atoms with Crippen molar-refractivity contribution in [2.75, 3.05) is 13.1 Å². The number of nitrogens with zero attached hydrogens (tertiary/aromatic N) is 3. The lowest BCUT2D eigenvalue weighted by Crippen LogP contribution is -2.31. The molecule has 0 aliphatic carbocycles. The van der Waals surface area contributed by atoms with Crippen molar-refractivity contribution in [1.29, 1.82) is 0 Å². The number of rotatable bonds is 4. The first-order valence-corrected chi connectivity index (χ1v) is 9.63. The van der Waals surface area contributed by atoms with E-state index in [-0.39, 0.29) is 17.9 Å². The molecule has 1 atom stereocenters. The predicted molar refractivity (Wildman–Crippen MR) is 101 cm³/mol. The Bertz CT molecular complexity index is 1010. The Hall–Kier alpha value is -2.54. The van der Waals surface area contributed by atoms with Crippen LogP contribution in [0.5, 0.6) is 0 Å². The lowest BCUT2D eigenvalue weighted by molar-refractivity contribution is -0.129. The van der Waals surface area contributed by atoms with Crippen LogP contribution in [-0.2, 0) is 17.6 Å². The zero-order valence-corrected chi connectivity index (χ0v) is 15.4. The number of aromatic amines is 1. The number of hydrogen-bond donors (Lipinski definition) is 1. The third-order valence-corrected chi connectivity index (χ3v) is 5.85. The molecule has 6 nitrogen and oxygen atoms in total. The number of amides is 1. The number of benzene rings is 1. The summed E-state index contributed by atoms with van der Waals surface area (Å²) < 4.78 is 0. The number of fused-ring (bicyclic) bond motifs is 1. The molecule has 1 amide bonds. The summed E-state index contributed by atoms with van der Waals surface area (Å²) in [6, 6.07) is 7.28. The molecule has 2 aromatic heterocycles. The highest BCUT2D eigenvalue weighted by Gasteiger charge is 2.27. The Labute approximate surface area is 154 Å². The normalized spacial score (nSPS) is 17.1. The van der Waals surface area contributed by atoms with E-state index in [1.54, 1.807) is 17.4 Å². The second kappa shape index (κ2) is 6.99. The van der Waals surface area contributed by atoms with Crippen molar-refractivity contribution in [3.63, 3.8) is 0 Å². The molecule has 1 fully saturated rings. The third-order valence-electron chi connectivity index (χ3n) is 4.86. The van der Waals surface area contributed by atoms with Gasteiger partial charge in [-0.25, -0.2) is 10.1 Å². The van der Waals surface area contributed by atoms with Gasteiger partial charge in [0, 0.05) is 36.0 Å². The van der Waals surface area contributed by atoms with Crippen LogP contribution in [0.3, 0.4) is 0 Å². The fourth-order valence-corrected chi connectivity index (χ4v) is 4.42. The average molecular weight is 368 g/mol. The molecule has 3 heterocycles. The number of thiazole rings is 1. The van der Waals surface area contributed by atoms with Crippen LogP contribution in [-0.4, -0.2) is 39.1 Å². The number of H-pyrrole nitrogens is 1. The van der Waals surface area contributed by atoms with Crippen LogP contribution in [0.15, 0.2) is 34.4 Å². The van der Waals surface area contributed by atoms with Crippen LogP contribution < -0.4 is 5.56 Å². The summed E-state index contributed by atoms with van der Waals surface area (Å²) in [5.74, 6) is 0.525. The van der Waals surface area contributed by atoms with Crippen molar-refractivity contribution in [3.8, 4) is 0 Å². The Morgan fingerprint density at radius 1 is 1.35 bits per heavy atom. The van der Waals surface area contributed by atoms with Crippen molar-refractivity contribution in [3.05, 3.63) is 56.4 Å². The molecule has 0 radical (unpaired) electrons. The van der Waals surface area contributed by atoms with Crippen LogP contribution in [0.2, 0.25) is 0 Å². The molecule has 1 N–H and O–H groups in total. The summed E-state index contributed by atoms with van der Waals surface area (Å²) in [7, 11) is 0. The molecule has 1 aromatic carbocycles. The van der Waals surface area contributed by atoms with E-state index in [0.717, 1.165) is 42.0 Å². The molecule has 1 unspecified atom stereocenters. The van der Waals surface area contributed by atoms with Gasteiger partial charge in [0.25, 0.3) is 5.56 Å². The van der Waals surface area contributed by atoms with Gasteiger partial charge in [-0.15, -0.1) is 11.3 Å². The lowest BCUT2D eigenvalue weighted by atomic mass is 10.1. The SMILES string of the molecule is Cc1csc(CC2CCN(C(=O)Cc3n[nH]c(=O)c4ccccc34)C2)n1. The number of aromatic nitrogens is 3. The monoisotopic (exact) mass is 368 g/mol. The van der Waals surface area contributed by atoms with Gasteiger partial charge in [-0.3, -0.25) is 9.59 Å². The van der Waals surface area contributed by atoms with Crippen molar-refractivity contribution in [1.82, 2.24) is 20.1 Å². The standard InChI is InChI=1S/C19H20N4O2S/c1-12-11-26-17(20-12)8-13-6-7-23(10-13)18(24)9-16-14-4-2-3-5-15(14)19(25)22-21-16/h2-5,11,13H,6-10H2,1H3,(H,22,25). The quantitative estimate of drug-likeness (QED) is 0.766. The van der Waals surface area contributed by atoms with E-state index in [0.29, 0.717) is 17.0 Å². The highest BCUT2D eigenvalue weighted by Crippen LogP contribution is 2.23. The fraction of sp³-hybridized carbons (Fsp3) is 0.368. The molecule has 7 heteroatoms. The van der Waals surface area contributed by atoms with Crippen LogP contribution >= 0.6 is 11.3 Å². The summed E-state index contributed by atoms with van der Waals surface area (Å²) in [5.41, 5.74) is 1.47. The average Bonchev–Trinajstić information content (AvgIpc) is 3.27. The molecule has 1 aliphatic rings. The topological polar surface area (TPSA) is 79.0 Å². The molecule has 1 saturated heterocycles. The smallest absolute Gasteiger partial charge is 0.272 e. The van der Waals surface area contributed by atoms with E-state index in [2.05, 4.69) is 20.6 Å². The fourth-order valence-electron chi connectivity index (χ4n) is 3.53. The van der Waals surface area contributed by atoms with Crippen molar-refractivity contribution >= 4 is 28.0 Å². The zero-order chi connectivity index (χ0) is 18.1. The van der Waals surface area contributed by atoms with Crippen LogP contribution in [0, 0.1) is 12.8 Å². The van der Waals surface area contributed by atoms with E-state index >= 15 is 0 Å². The van der Waals surface area contributed by atoms with Gasteiger partial charge in [-0.1, -0.05) is 18.2 Å². The molecule has 3 aromatic rings. The van der Waals surface area contributed by atoms with Gasteiger partial charge in [0.15, 0.2) is 0 Å². The highest BCUT2D eigenvalue weighted by molar-refractivity contribution is 7.09. The van der Waals surface area contributed by atoms with Crippen molar-refractivity contribution in [2.24, 2.45) is 5.92 Å². The largest absolute Gasteiger partial charge is 0.342 e. The van der Waals surface area contributed by atoms with Gasteiger partial charge in [0.2, 0.25) is 5.91 Å². The summed E-state index contributed by atoms with van der Waals surface area (Å²) >= 11 is 1.69. The van der Waals surface area contributed by atoms with Crippen LogP contribution in [0.25, 0.3) is 10.8 Å². The molecule has 0 bridgehead atoms. The van der Waals surface area contributed by atoms with Gasteiger partial charge in [0.05, 0.1) is 22.5 Å². The van der Waals surface area contributed by atoms with Crippen LogP contribution in [0.4, 0.5) is 0 Å². The Kier molecular flexibility index (Phi) is 4.55. The van der Waals surface area contributed by atoms with Gasteiger partial charge in [0.1, 0.15) is 0 Å². The lowest BCUT2D eigenvalue weighted by Gasteiger charge is -2.16. The first-order chi connectivity index (χ1) is 12.6. The van der Waals surface area contributed by atoms with E-state index in [1.165, 1.54) is 0 Å². The summed E-state index contributed by atoms with van der Waals surface area (Å²) in [5, 5.41) is 11.2. The van der Waals surface area contributed by atoms with Crippen LogP contribution in [0.1, 0.15) is 22.8 Å². The minimum Gasteiger partial charge on any atom is -0.342 e. The predicted octanol–water partition coefficient (Wildman–Crippen LogP) is 2.32. The number of nitrogens with one attached hydrogen (secondary N) is 1. The maximum atomic E-state index is 12.7. The number of hydrogen-bond acceptors (Lipinski definition) is 5. The number of likely N-dealkylation sites (tertiary alicyclic amines) is 1. The van der Waals surface area contributed by atoms with E-state index in [1.807, 2.05) is 30.0 Å². The molecule has 1 aliphatic heterocycles. The molecular formula is C19H20N4O2S. The van der Waals surface area contributed by atoms with Crippen molar-refractivity contribution < 1.29 is 4.79 Å². The second-order valence-electron chi connectivity index (χ2n) is 6.80. The summed E-state index contributed by atoms with van der Waals surface area (Å²) in [4.78, 5) is 31.0. The zero-order valence-electron chi connectivity index (χ0n) is 14.6. The first-order valence-electron chi connectivity index (χ1n) is 8.75. The molecule has 0 saturated carbocycles. The van der Waals surface area contributed by atoms with Gasteiger partial charge >= 0.3 is 0 Å². The van der Waals surface area contributed by atoms with Gasteiger partial charge in [-0.05, 0) is 25.3 Å². The number of aryl methyl sites for hydroxylation is 1. The summed E-state index contributed by atoms with van der Waals surface area (Å²) in [6.45, 7) is 3.54. The Morgan fingerprint density at radius 3 is 2.92 bits per heavy atom. The minimum atomic E-state index is -0.225. The molecule has 26 heavy (non-hydrogen) atoms. The maximum absolute atomic E-state index is 12.7. The Balaban J connectivity index is 1.44. The van der Waals surface area contributed by atoms with E-state index < -0.39 is 0 Å². The van der Waals surface area contributed by atoms with E-state index in [9.17, 15) is 9.59 Å². The first kappa shape index (κ1) is 16.9. The van der Waals surface area contributed by atoms with Crippen molar-refractivity contribution in [2.45, 2.75) is 26.2 Å². The summed E-state index contributed by atoms with van der Waals surface area (Å²) in [6.07, 6.45) is 2.15. The Morgan fingerprint density at radius 2 is 2.15 bits per heavy atom. The molecule has 4 rings (SSSR count). The second-order valence-corrected chi connectivity index (χ2v) is 7.75. The molecular weight excluding hydrogens is 348 g/mol. The number of carbonyl (C=O) groups is 1. The highest BCUT2D eigenvalue weighted by atomic mass is 32.1. The number of carbonyl (C=O) groups excluding carboxylic acids is 1.